The Morgan fingerprint density at radius 3 is 2.71 bits per heavy atom. The number of hydrogen-bond acceptors (Lipinski definition) is 3. The third-order valence-corrected chi connectivity index (χ3v) is 5.53. The number of carbonyl (C=O) groups is 2. The first-order valence-electron chi connectivity index (χ1n) is 6.77. The molecule has 2 N–H and O–H groups in total. The third-order valence-electron chi connectivity index (χ3n) is 3.86. The van der Waals surface area contributed by atoms with Crippen LogP contribution in [0.4, 0.5) is 0 Å². The van der Waals surface area contributed by atoms with Crippen molar-refractivity contribution in [1.82, 2.24) is 5.32 Å². The van der Waals surface area contributed by atoms with Crippen molar-refractivity contribution in [3.63, 3.8) is 0 Å². The van der Waals surface area contributed by atoms with Crippen LogP contribution in [0.5, 0.6) is 0 Å². The Morgan fingerprint density at radius 1 is 1.29 bits per heavy atom. The molecule has 2 aromatic rings. The monoisotopic (exact) mass is 323 g/mol. The van der Waals surface area contributed by atoms with Gasteiger partial charge < -0.3 is 10.4 Å². The smallest absolute Gasteiger partial charge is 0.306 e. The van der Waals surface area contributed by atoms with Gasteiger partial charge in [-0.2, -0.15) is 0 Å². The first kappa shape index (κ1) is 14.4. The van der Waals surface area contributed by atoms with Crippen molar-refractivity contribution in [2.45, 2.75) is 25.3 Å². The van der Waals surface area contributed by atoms with E-state index in [2.05, 4.69) is 5.32 Å². The maximum absolute atomic E-state index is 12.3. The highest BCUT2D eigenvalue weighted by Gasteiger charge is 2.31. The van der Waals surface area contributed by atoms with E-state index in [0.717, 1.165) is 10.1 Å². The largest absolute Gasteiger partial charge is 0.481 e. The number of benzene rings is 1. The zero-order chi connectivity index (χ0) is 15.0. The number of carbonyl (C=O) groups excluding carboxylic acids is 1. The fourth-order valence-electron chi connectivity index (χ4n) is 2.75. The molecule has 1 heterocycles. The second-order valence-electron chi connectivity index (χ2n) is 5.26. The lowest BCUT2D eigenvalue weighted by atomic mass is 10.1. The molecule has 1 aromatic carbocycles. The summed E-state index contributed by atoms with van der Waals surface area (Å²) in [5.74, 6) is -1.35. The summed E-state index contributed by atoms with van der Waals surface area (Å²) in [5.41, 5.74) is 0. The Balaban J connectivity index is 1.76. The summed E-state index contributed by atoms with van der Waals surface area (Å²) in [7, 11) is 0. The molecule has 2 atom stereocenters. The maximum atomic E-state index is 12.3. The summed E-state index contributed by atoms with van der Waals surface area (Å²) in [6.07, 6.45) is 1.80. The number of aliphatic carboxylic acids is 1. The molecule has 4 nitrogen and oxygen atoms in total. The first-order valence-corrected chi connectivity index (χ1v) is 7.96. The Kier molecular flexibility index (Phi) is 3.87. The van der Waals surface area contributed by atoms with Gasteiger partial charge in [-0.25, -0.2) is 0 Å². The number of rotatable bonds is 3. The molecule has 21 heavy (non-hydrogen) atoms. The van der Waals surface area contributed by atoms with Crippen molar-refractivity contribution in [3.8, 4) is 0 Å². The van der Waals surface area contributed by atoms with Crippen LogP contribution in [0.2, 0.25) is 5.02 Å². The second-order valence-corrected chi connectivity index (χ2v) is 6.69. The lowest BCUT2D eigenvalue weighted by Crippen LogP contribution is -2.33. The van der Waals surface area contributed by atoms with E-state index in [1.54, 1.807) is 0 Å². The highest BCUT2D eigenvalue weighted by Crippen LogP contribution is 2.35. The van der Waals surface area contributed by atoms with Crippen LogP contribution in [0.3, 0.4) is 0 Å². The Morgan fingerprint density at radius 2 is 2.05 bits per heavy atom. The summed E-state index contributed by atoms with van der Waals surface area (Å²) in [6.45, 7) is 0. The topological polar surface area (TPSA) is 66.4 Å². The van der Waals surface area contributed by atoms with E-state index in [1.807, 2.05) is 24.3 Å². The molecule has 6 heteroatoms. The molecule has 0 radical (unpaired) electrons. The van der Waals surface area contributed by atoms with Crippen molar-refractivity contribution >= 4 is 44.9 Å². The van der Waals surface area contributed by atoms with Crippen molar-refractivity contribution < 1.29 is 14.7 Å². The molecule has 110 valence electrons. The van der Waals surface area contributed by atoms with Gasteiger partial charge in [0.05, 0.1) is 10.9 Å². The van der Waals surface area contributed by atoms with Crippen LogP contribution >= 0.6 is 22.9 Å². The molecule has 1 amide bonds. The quantitative estimate of drug-likeness (QED) is 0.908. The molecular weight excluding hydrogens is 310 g/mol. The van der Waals surface area contributed by atoms with Crippen molar-refractivity contribution in [3.05, 3.63) is 34.2 Å². The number of thiophene rings is 1. The zero-order valence-electron chi connectivity index (χ0n) is 11.1. The number of hydrogen-bond donors (Lipinski definition) is 2. The SMILES string of the molecule is O=C(NC1CCC(C(=O)O)C1)c1sc2ccccc2c1Cl. The number of carboxylic acids is 1. The van der Waals surface area contributed by atoms with Gasteiger partial charge >= 0.3 is 5.97 Å². The summed E-state index contributed by atoms with van der Waals surface area (Å²) in [4.78, 5) is 23.8. The zero-order valence-corrected chi connectivity index (χ0v) is 12.7. The summed E-state index contributed by atoms with van der Waals surface area (Å²) in [5, 5.41) is 13.2. The Hall–Kier alpha value is -1.59. The van der Waals surface area contributed by atoms with Crippen LogP contribution in [0, 0.1) is 5.92 Å². The lowest BCUT2D eigenvalue weighted by Gasteiger charge is -2.11. The van der Waals surface area contributed by atoms with Crippen LogP contribution in [0.15, 0.2) is 24.3 Å². The number of amides is 1. The van der Waals surface area contributed by atoms with Crippen molar-refractivity contribution in [2.75, 3.05) is 0 Å². The average Bonchev–Trinajstić information content (AvgIpc) is 3.05. The van der Waals surface area contributed by atoms with Gasteiger partial charge in [0, 0.05) is 16.1 Å². The van der Waals surface area contributed by atoms with Gasteiger partial charge in [-0.15, -0.1) is 11.3 Å². The third kappa shape index (κ3) is 2.76. The fourth-order valence-corrected chi connectivity index (χ4v) is 4.17. The van der Waals surface area contributed by atoms with E-state index in [1.165, 1.54) is 11.3 Å². The Bertz CT molecular complexity index is 712. The van der Waals surface area contributed by atoms with E-state index in [4.69, 9.17) is 16.7 Å². The van der Waals surface area contributed by atoms with E-state index >= 15 is 0 Å². The highest BCUT2D eigenvalue weighted by atomic mass is 35.5. The number of carboxylic acid groups (broad SMARTS) is 1. The molecule has 1 saturated carbocycles. The average molecular weight is 324 g/mol. The van der Waals surface area contributed by atoms with Crippen LogP contribution in [0.25, 0.3) is 10.1 Å². The van der Waals surface area contributed by atoms with Gasteiger partial charge in [0.15, 0.2) is 0 Å². The van der Waals surface area contributed by atoms with Crippen molar-refractivity contribution in [2.24, 2.45) is 5.92 Å². The minimum Gasteiger partial charge on any atom is -0.481 e. The molecule has 1 fully saturated rings. The van der Waals surface area contributed by atoms with Gasteiger partial charge in [-0.3, -0.25) is 9.59 Å². The molecule has 2 unspecified atom stereocenters. The summed E-state index contributed by atoms with van der Waals surface area (Å²) in [6, 6.07) is 7.53. The first-order chi connectivity index (χ1) is 10.1. The number of nitrogens with one attached hydrogen (secondary N) is 1. The molecule has 0 saturated heterocycles. The summed E-state index contributed by atoms with van der Waals surface area (Å²) >= 11 is 7.63. The van der Waals surface area contributed by atoms with Gasteiger partial charge in [0.2, 0.25) is 0 Å². The fraction of sp³-hybridized carbons (Fsp3) is 0.333. The second kappa shape index (κ2) is 5.66. The predicted octanol–water partition coefficient (Wildman–Crippen LogP) is 3.54. The van der Waals surface area contributed by atoms with Gasteiger partial charge in [0.1, 0.15) is 4.88 Å². The van der Waals surface area contributed by atoms with Crippen LogP contribution in [-0.2, 0) is 4.79 Å². The minimum atomic E-state index is -0.786. The molecule has 1 aliphatic rings. The van der Waals surface area contributed by atoms with Gasteiger partial charge in [0.25, 0.3) is 5.91 Å². The van der Waals surface area contributed by atoms with Crippen molar-refractivity contribution in [1.29, 1.82) is 0 Å². The lowest BCUT2D eigenvalue weighted by molar-refractivity contribution is -0.141. The highest BCUT2D eigenvalue weighted by molar-refractivity contribution is 7.21. The van der Waals surface area contributed by atoms with Gasteiger partial charge in [-0.05, 0) is 25.3 Å². The molecule has 1 aromatic heterocycles. The minimum absolute atomic E-state index is 0.0834. The van der Waals surface area contributed by atoms with Gasteiger partial charge in [-0.1, -0.05) is 29.8 Å². The van der Waals surface area contributed by atoms with E-state index in [-0.39, 0.29) is 17.9 Å². The molecule has 0 bridgehead atoms. The Labute approximate surface area is 130 Å². The van der Waals surface area contributed by atoms with E-state index in [0.29, 0.717) is 29.2 Å². The number of halogens is 1. The standard InChI is InChI=1S/C15H14ClNO3S/c16-12-10-3-1-2-4-11(10)21-13(12)14(18)17-9-6-5-8(7-9)15(19)20/h1-4,8-9H,5-7H2,(H,17,18)(H,19,20). The van der Waals surface area contributed by atoms with Crippen LogP contribution in [-0.4, -0.2) is 23.0 Å². The van der Waals surface area contributed by atoms with E-state index < -0.39 is 5.97 Å². The summed E-state index contributed by atoms with van der Waals surface area (Å²) < 4.78 is 0.975. The predicted molar refractivity (Wildman–Crippen MR) is 83.1 cm³/mol. The normalized spacial score (nSPS) is 21.6. The molecule has 3 rings (SSSR count). The number of fused-ring (bicyclic) bond motifs is 1. The van der Waals surface area contributed by atoms with Crippen LogP contribution < -0.4 is 5.32 Å². The molecular formula is C15H14ClNO3S. The van der Waals surface area contributed by atoms with E-state index in [9.17, 15) is 9.59 Å². The molecule has 0 spiro atoms. The maximum Gasteiger partial charge on any atom is 0.306 e. The molecule has 0 aliphatic heterocycles. The van der Waals surface area contributed by atoms with Crippen LogP contribution in [0.1, 0.15) is 28.9 Å². The molecule has 1 aliphatic carbocycles.